The standard InChI is InChI=1S/C7H7O2/c1-3-7(9)6(2)4-5-8/h3-4H,1H2,2H3. The Morgan fingerprint density at radius 3 is 2.56 bits per heavy atom. The lowest BCUT2D eigenvalue weighted by molar-refractivity contribution is -0.111. The van der Waals surface area contributed by atoms with Crippen molar-refractivity contribution in [3.8, 4) is 0 Å². The summed E-state index contributed by atoms with van der Waals surface area (Å²) in [4.78, 5) is 20.2. The SMILES string of the molecule is C=CC(=O)C(C)=C[C]=O. The van der Waals surface area contributed by atoms with E-state index in [4.69, 9.17) is 0 Å². The summed E-state index contributed by atoms with van der Waals surface area (Å²) in [6.45, 7) is 4.78. The number of ketones is 1. The second-order valence-corrected chi connectivity index (χ2v) is 1.51. The average molecular weight is 123 g/mol. The zero-order valence-electron chi connectivity index (χ0n) is 5.18. The van der Waals surface area contributed by atoms with Gasteiger partial charge in [0.25, 0.3) is 0 Å². The summed E-state index contributed by atoms with van der Waals surface area (Å²) in [6.07, 6.45) is 3.75. The zero-order valence-corrected chi connectivity index (χ0v) is 5.18. The van der Waals surface area contributed by atoms with Crippen molar-refractivity contribution in [2.75, 3.05) is 0 Å². The molecule has 0 aromatic rings. The highest BCUT2D eigenvalue weighted by Gasteiger charge is 1.95. The van der Waals surface area contributed by atoms with Crippen molar-refractivity contribution in [1.82, 2.24) is 0 Å². The highest BCUT2D eigenvalue weighted by molar-refractivity contribution is 6.05. The normalized spacial score (nSPS) is 10.6. The quantitative estimate of drug-likeness (QED) is 0.520. The van der Waals surface area contributed by atoms with Gasteiger partial charge in [0.1, 0.15) is 0 Å². The van der Waals surface area contributed by atoms with Crippen molar-refractivity contribution in [3.05, 3.63) is 24.3 Å². The van der Waals surface area contributed by atoms with E-state index in [1.807, 2.05) is 0 Å². The molecule has 0 aliphatic carbocycles. The van der Waals surface area contributed by atoms with E-state index in [0.717, 1.165) is 12.2 Å². The molecule has 0 fully saturated rings. The lowest BCUT2D eigenvalue weighted by atomic mass is 10.2. The van der Waals surface area contributed by atoms with Gasteiger partial charge in [-0.05, 0) is 19.1 Å². The van der Waals surface area contributed by atoms with Crippen molar-refractivity contribution in [2.45, 2.75) is 6.92 Å². The number of hydrogen-bond donors (Lipinski definition) is 0. The molecular formula is C7H7O2. The zero-order chi connectivity index (χ0) is 7.28. The van der Waals surface area contributed by atoms with Crippen molar-refractivity contribution < 1.29 is 9.59 Å². The van der Waals surface area contributed by atoms with Gasteiger partial charge in [-0.2, -0.15) is 0 Å². The molecule has 2 heteroatoms. The molecule has 0 N–H and O–H groups in total. The van der Waals surface area contributed by atoms with Crippen LogP contribution in [0.2, 0.25) is 0 Å². The average Bonchev–Trinajstić information content (AvgIpc) is 1.87. The van der Waals surface area contributed by atoms with Crippen LogP contribution in [0.1, 0.15) is 6.92 Å². The van der Waals surface area contributed by atoms with Gasteiger partial charge in [-0.15, -0.1) is 0 Å². The fourth-order valence-corrected chi connectivity index (χ4v) is 0.321. The Bertz CT molecular complexity index is 166. The summed E-state index contributed by atoms with van der Waals surface area (Å²) >= 11 is 0. The summed E-state index contributed by atoms with van der Waals surface area (Å²) in [5, 5.41) is 0. The van der Waals surface area contributed by atoms with E-state index in [0.29, 0.717) is 5.57 Å². The Labute approximate surface area is 53.9 Å². The molecule has 47 valence electrons. The number of rotatable bonds is 3. The van der Waals surface area contributed by atoms with Crippen LogP contribution in [0.4, 0.5) is 0 Å². The lowest BCUT2D eigenvalue weighted by Crippen LogP contribution is -1.92. The fraction of sp³-hybridized carbons (Fsp3) is 0.143. The van der Waals surface area contributed by atoms with E-state index < -0.39 is 0 Å². The molecule has 0 aromatic carbocycles. The van der Waals surface area contributed by atoms with Crippen LogP contribution in [0.3, 0.4) is 0 Å². The molecule has 0 aliphatic heterocycles. The first-order chi connectivity index (χ1) is 4.22. The summed E-state index contributed by atoms with van der Waals surface area (Å²) in [5.41, 5.74) is 0.361. The largest absolute Gasteiger partial charge is 0.290 e. The van der Waals surface area contributed by atoms with Crippen LogP contribution in [0.5, 0.6) is 0 Å². The van der Waals surface area contributed by atoms with Crippen LogP contribution < -0.4 is 0 Å². The molecule has 0 aliphatic rings. The Balaban J connectivity index is 4.18. The second-order valence-electron chi connectivity index (χ2n) is 1.51. The predicted octanol–water partition coefficient (Wildman–Crippen LogP) is 0.797. The maximum absolute atomic E-state index is 10.5. The molecule has 2 nitrogen and oxygen atoms in total. The number of carbonyl (C=O) groups excluding carboxylic acids is 2. The maximum atomic E-state index is 10.5. The van der Waals surface area contributed by atoms with Crippen LogP contribution in [-0.2, 0) is 9.59 Å². The predicted molar refractivity (Wildman–Crippen MR) is 34.7 cm³/mol. The van der Waals surface area contributed by atoms with Gasteiger partial charge < -0.3 is 0 Å². The Morgan fingerprint density at radius 2 is 2.22 bits per heavy atom. The molecule has 0 unspecified atom stereocenters. The monoisotopic (exact) mass is 123 g/mol. The Kier molecular flexibility index (Phi) is 3.28. The minimum atomic E-state index is -0.238. The van der Waals surface area contributed by atoms with E-state index >= 15 is 0 Å². The van der Waals surface area contributed by atoms with E-state index in [-0.39, 0.29) is 5.78 Å². The number of hydrogen-bond acceptors (Lipinski definition) is 2. The van der Waals surface area contributed by atoms with E-state index in [1.54, 1.807) is 0 Å². The van der Waals surface area contributed by atoms with Crippen molar-refractivity contribution in [3.63, 3.8) is 0 Å². The molecular weight excluding hydrogens is 116 g/mol. The summed E-state index contributed by atoms with van der Waals surface area (Å²) in [5.74, 6) is -0.238. The van der Waals surface area contributed by atoms with E-state index in [9.17, 15) is 9.59 Å². The topological polar surface area (TPSA) is 34.1 Å². The van der Waals surface area contributed by atoms with Crippen molar-refractivity contribution in [2.24, 2.45) is 0 Å². The minimum Gasteiger partial charge on any atom is -0.290 e. The summed E-state index contributed by atoms with van der Waals surface area (Å²) < 4.78 is 0. The summed E-state index contributed by atoms with van der Waals surface area (Å²) in [7, 11) is 0. The summed E-state index contributed by atoms with van der Waals surface area (Å²) in [6, 6.07) is 0. The van der Waals surface area contributed by atoms with Crippen LogP contribution in [0, 0.1) is 0 Å². The van der Waals surface area contributed by atoms with Crippen LogP contribution in [0.15, 0.2) is 24.3 Å². The molecule has 1 radical (unpaired) electrons. The third kappa shape index (κ3) is 2.59. The molecule has 9 heavy (non-hydrogen) atoms. The minimum absolute atomic E-state index is 0.238. The second kappa shape index (κ2) is 3.78. The molecule has 0 heterocycles. The molecule has 0 bridgehead atoms. The van der Waals surface area contributed by atoms with Crippen LogP contribution in [0.25, 0.3) is 0 Å². The highest BCUT2D eigenvalue weighted by Crippen LogP contribution is 1.92. The maximum Gasteiger partial charge on any atom is 0.226 e. The van der Waals surface area contributed by atoms with E-state index in [2.05, 4.69) is 6.58 Å². The van der Waals surface area contributed by atoms with Gasteiger partial charge in [-0.3, -0.25) is 9.59 Å². The molecule has 0 spiro atoms. The third-order valence-corrected chi connectivity index (χ3v) is 0.849. The van der Waals surface area contributed by atoms with Gasteiger partial charge in [0.05, 0.1) is 0 Å². The van der Waals surface area contributed by atoms with Gasteiger partial charge in [-0.1, -0.05) is 6.58 Å². The van der Waals surface area contributed by atoms with Crippen LogP contribution in [-0.4, -0.2) is 12.1 Å². The van der Waals surface area contributed by atoms with Gasteiger partial charge in [0.15, 0.2) is 5.78 Å². The molecule has 0 amide bonds. The molecule has 0 saturated heterocycles. The fourth-order valence-electron chi connectivity index (χ4n) is 0.321. The number of allylic oxidation sites excluding steroid dienone is 3. The molecule has 0 atom stereocenters. The third-order valence-electron chi connectivity index (χ3n) is 0.849. The molecule has 0 rings (SSSR count). The first kappa shape index (κ1) is 7.82. The van der Waals surface area contributed by atoms with Gasteiger partial charge in [-0.25, -0.2) is 0 Å². The van der Waals surface area contributed by atoms with Crippen LogP contribution >= 0.6 is 0 Å². The Morgan fingerprint density at radius 1 is 1.67 bits per heavy atom. The van der Waals surface area contributed by atoms with Crippen molar-refractivity contribution >= 4 is 12.1 Å². The van der Waals surface area contributed by atoms with Gasteiger partial charge >= 0.3 is 0 Å². The molecule has 0 saturated carbocycles. The lowest BCUT2D eigenvalue weighted by Gasteiger charge is -1.86. The smallest absolute Gasteiger partial charge is 0.226 e. The van der Waals surface area contributed by atoms with Gasteiger partial charge in [0.2, 0.25) is 6.29 Å². The first-order valence-corrected chi connectivity index (χ1v) is 2.43. The number of carbonyl (C=O) groups is 1. The first-order valence-electron chi connectivity index (χ1n) is 2.43. The highest BCUT2D eigenvalue weighted by atomic mass is 16.1. The van der Waals surface area contributed by atoms with Gasteiger partial charge in [0, 0.05) is 5.57 Å². The van der Waals surface area contributed by atoms with Crippen molar-refractivity contribution in [1.29, 1.82) is 0 Å². The van der Waals surface area contributed by atoms with E-state index in [1.165, 1.54) is 13.2 Å². The Hall–Kier alpha value is -1.18. The molecule has 0 aromatic heterocycles.